The second-order valence-corrected chi connectivity index (χ2v) is 7.09. The molecule has 134 valence electrons. The number of hydrogen-bond donors (Lipinski definition) is 0. The van der Waals surface area contributed by atoms with Gasteiger partial charge in [0.2, 0.25) is 9.84 Å². The third-order valence-electron chi connectivity index (χ3n) is 3.45. The van der Waals surface area contributed by atoms with Crippen LogP contribution in [-0.2, 0) is 14.6 Å². The molecule has 0 spiro atoms. The Kier molecular flexibility index (Phi) is 6.15. The monoisotopic (exact) mass is 371 g/mol. The van der Waals surface area contributed by atoms with Crippen LogP contribution in [0.2, 0.25) is 0 Å². The molecule has 0 fully saturated rings. The highest BCUT2D eigenvalue weighted by Gasteiger charge is 2.20. The minimum absolute atomic E-state index is 0.0354. The van der Waals surface area contributed by atoms with Crippen LogP contribution in [0.1, 0.15) is 18.9 Å². The van der Waals surface area contributed by atoms with E-state index in [4.69, 9.17) is 9.47 Å². The van der Waals surface area contributed by atoms with Crippen LogP contribution in [0.3, 0.4) is 0 Å². The molecule has 0 saturated carbocycles. The number of methoxy groups -OCH3 is 1. The van der Waals surface area contributed by atoms with Gasteiger partial charge < -0.3 is 9.47 Å². The Morgan fingerprint density at radius 2 is 1.85 bits per heavy atom. The number of nitriles is 1. The van der Waals surface area contributed by atoms with Crippen LogP contribution in [-0.4, -0.2) is 21.5 Å². The lowest BCUT2D eigenvalue weighted by atomic mass is 10.2. The zero-order chi connectivity index (χ0) is 19.2. The Balaban J connectivity index is 2.44. The predicted octanol–water partition coefficient (Wildman–Crippen LogP) is 3.35. The molecule has 0 N–H and O–H groups in total. The van der Waals surface area contributed by atoms with Crippen LogP contribution in [0.5, 0.6) is 11.5 Å². The van der Waals surface area contributed by atoms with E-state index in [-0.39, 0.29) is 22.8 Å². The van der Waals surface area contributed by atoms with Crippen molar-refractivity contribution in [3.63, 3.8) is 0 Å². The van der Waals surface area contributed by atoms with E-state index in [0.29, 0.717) is 5.56 Å². The highest BCUT2D eigenvalue weighted by atomic mass is 32.2. The zero-order valence-electron chi connectivity index (χ0n) is 14.3. The van der Waals surface area contributed by atoms with Gasteiger partial charge in [-0.05, 0) is 35.9 Å². The van der Waals surface area contributed by atoms with Crippen LogP contribution >= 0.6 is 0 Å². The molecule has 6 nitrogen and oxygen atoms in total. The standard InChI is InChI=1S/C19H17NO5S/c1-3-19(21)25-17-10-9-14(12-18(17)24-2)11-16(13-20)26(22,23)15-7-5-4-6-8-15/h4-12H,3H2,1-2H3. The summed E-state index contributed by atoms with van der Waals surface area (Å²) in [6, 6.07) is 14.0. The van der Waals surface area contributed by atoms with Gasteiger partial charge >= 0.3 is 5.97 Å². The molecule has 0 unspecified atom stereocenters. The first-order chi connectivity index (χ1) is 12.4. The molecule has 26 heavy (non-hydrogen) atoms. The van der Waals surface area contributed by atoms with E-state index >= 15 is 0 Å². The Morgan fingerprint density at radius 3 is 2.42 bits per heavy atom. The van der Waals surface area contributed by atoms with E-state index in [9.17, 15) is 18.5 Å². The smallest absolute Gasteiger partial charge is 0.311 e. The molecule has 2 rings (SSSR count). The molecular formula is C19H17NO5S. The van der Waals surface area contributed by atoms with Gasteiger partial charge in [-0.2, -0.15) is 5.26 Å². The summed E-state index contributed by atoms with van der Waals surface area (Å²) in [7, 11) is -2.53. The minimum atomic E-state index is -3.93. The van der Waals surface area contributed by atoms with Crippen molar-refractivity contribution in [1.82, 2.24) is 0 Å². The summed E-state index contributed by atoms with van der Waals surface area (Å²) in [6.45, 7) is 1.67. The number of sulfone groups is 1. The number of benzene rings is 2. The van der Waals surface area contributed by atoms with Crippen molar-refractivity contribution >= 4 is 21.9 Å². The Hall–Kier alpha value is -3.11. The van der Waals surface area contributed by atoms with E-state index in [1.54, 1.807) is 37.3 Å². The summed E-state index contributed by atoms with van der Waals surface area (Å²) in [5, 5.41) is 9.32. The molecular weight excluding hydrogens is 354 g/mol. The van der Waals surface area contributed by atoms with Gasteiger partial charge in [0.05, 0.1) is 12.0 Å². The molecule has 0 aliphatic heterocycles. The molecule has 0 amide bonds. The molecule has 7 heteroatoms. The first kappa shape index (κ1) is 19.2. The maximum Gasteiger partial charge on any atom is 0.311 e. The van der Waals surface area contributed by atoms with Crippen molar-refractivity contribution in [2.75, 3.05) is 7.11 Å². The molecule has 0 aliphatic rings. The molecule has 0 saturated heterocycles. The summed E-state index contributed by atoms with van der Waals surface area (Å²) in [5.74, 6) is 0.0619. The molecule has 2 aromatic rings. The summed E-state index contributed by atoms with van der Waals surface area (Å²) in [4.78, 5) is 11.1. The lowest BCUT2D eigenvalue weighted by Gasteiger charge is -2.09. The van der Waals surface area contributed by atoms with Crippen molar-refractivity contribution in [2.45, 2.75) is 18.2 Å². The first-order valence-corrected chi connectivity index (χ1v) is 9.21. The highest BCUT2D eigenvalue weighted by molar-refractivity contribution is 7.95. The predicted molar refractivity (Wildman–Crippen MR) is 96.1 cm³/mol. The summed E-state index contributed by atoms with van der Waals surface area (Å²) < 4.78 is 35.5. The maximum atomic E-state index is 12.6. The van der Waals surface area contributed by atoms with Gasteiger partial charge in [0, 0.05) is 6.42 Å². The normalized spacial score (nSPS) is 11.5. The van der Waals surface area contributed by atoms with Crippen molar-refractivity contribution in [2.24, 2.45) is 0 Å². The minimum Gasteiger partial charge on any atom is -0.493 e. The fraction of sp³-hybridized carbons (Fsp3) is 0.158. The highest BCUT2D eigenvalue weighted by Crippen LogP contribution is 2.30. The number of ether oxygens (including phenoxy) is 2. The molecule has 0 atom stereocenters. The second-order valence-electron chi connectivity index (χ2n) is 5.17. The van der Waals surface area contributed by atoms with Crippen LogP contribution in [0.4, 0.5) is 0 Å². The molecule has 0 aliphatic carbocycles. The Labute approximate surface area is 152 Å². The summed E-state index contributed by atoms with van der Waals surface area (Å²) in [6.07, 6.45) is 1.45. The average Bonchev–Trinajstić information content (AvgIpc) is 2.67. The third kappa shape index (κ3) is 4.29. The van der Waals surface area contributed by atoms with E-state index in [1.165, 1.54) is 37.5 Å². The van der Waals surface area contributed by atoms with Crippen LogP contribution in [0.25, 0.3) is 6.08 Å². The summed E-state index contributed by atoms with van der Waals surface area (Å²) in [5.41, 5.74) is 0.425. The van der Waals surface area contributed by atoms with Crippen molar-refractivity contribution in [3.8, 4) is 17.6 Å². The number of rotatable bonds is 6. The van der Waals surface area contributed by atoms with Crippen LogP contribution in [0.15, 0.2) is 58.3 Å². The van der Waals surface area contributed by atoms with Crippen LogP contribution in [0, 0.1) is 11.3 Å². The number of esters is 1. The van der Waals surface area contributed by atoms with Gasteiger partial charge in [0.1, 0.15) is 11.0 Å². The van der Waals surface area contributed by atoms with Gasteiger partial charge in [-0.25, -0.2) is 8.42 Å². The number of hydrogen-bond acceptors (Lipinski definition) is 6. The van der Waals surface area contributed by atoms with Gasteiger partial charge in [-0.15, -0.1) is 0 Å². The SMILES string of the molecule is CCC(=O)Oc1ccc(C=C(C#N)S(=O)(=O)c2ccccc2)cc1OC. The molecule has 0 bridgehead atoms. The molecule has 2 aromatic carbocycles. The average molecular weight is 371 g/mol. The zero-order valence-corrected chi connectivity index (χ0v) is 15.1. The first-order valence-electron chi connectivity index (χ1n) is 7.73. The van der Waals surface area contributed by atoms with Crippen molar-refractivity contribution < 1.29 is 22.7 Å². The third-order valence-corrected chi connectivity index (χ3v) is 5.13. The Morgan fingerprint density at radius 1 is 1.15 bits per heavy atom. The lowest BCUT2D eigenvalue weighted by molar-refractivity contribution is -0.134. The molecule has 0 aromatic heterocycles. The fourth-order valence-corrected chi connectivity index (χ4v) is 3.28. The summed E-state index contributed by atoms with van der Waals surface area (Å²) >= 11 is 0. The maximum absolute atomic E-state index is 12.6. The number of carbonyl (C=O) groups excluding carboxylic acids is 1. The lowest BCUT2D eigenvalue weighted by Crippen LogP contribution is -2.06. The van der Waals surface area contributed by atoms with E-state index in [2.05, 4.69) is 0 Å². The quantitative estimate of drug-likeness (QED) is 0.439. The molecule has 0 radical (unpaired) electrons. The molecule has 0 heterocycles. The van der Waals surface area contributed by atoms with Crippen molar-refractivity contribution in [3.05, 3.63) is 59.0 Å². The van der Waals surface area contributed by atoms with Crippen molar-refractivity contribution in [1.29, 1.82) is 5.26 Å². The number of carbonyl (C=O) groups is 1. The van der Waals surface area contributed by atoms with E-state index in [0.717, 1.165) is 0 Å². The van der Waals surface area contributed by atoms with E-state index < -0.39 is 20.7 Å². The van der Waals surface area contributed by atoms with Gasteiger partial charge in [-0.3, -0.25) is 4.79 Å². The largest absolute Gasteiger partial charge is 0.493 e. The van der Waals surface area contributed by atoms with Gasteiger partial charge in [0.15, 0.2) is 11.5 Å². The number of allylic oxidation sites excluding steroid dienone is 1. The topological polar surface area (TPSA) is 93.5 Å². The second kappa shape index (κ2) is 8.32. The van der Waals surface area contributed by atoms with Crippen LogP contribution < -0.4 is 9.47 Å². The number of nitrogens with zero attached hydrogens (tertiary/aromatic N) is 1. The van der Waals surface area contributed by atoms with Gasteiger partial charge in [0.25, 0.3) is 0 Å². The Bertz CT molecular complexity index is 973. The fourth-order valence-electron chi connectivity index (χ4n) is 2.10. The van der Waals surface area contributed by atoms with Gasteiger partial charge in [-0.1, -0.05) is 31.2 Å². The van der Waals surface area contributed by atoms with E-state index in [1.807, 2.05) is 0 Å².